The van der Waals surface area contributed by atoms with E-state index in [9.17, 15) is 4.79 Å². The summed E-state index contributed by atoms with van der Waals surface area (Å²) in [6.45, 7) is 3.64. The van der Waals surface area contributed by atoms with Crippen LogP contribution in [0.5, 0.6) is 0 Å². The number of halogens is 1. The van der Waals surface area contributed by atoms with Crippen molar-refractivity contribution in [3.63, 3.8) is 0 Å². The monoisotopic (exact) mass is 240 g/mol. The zero-order valence-electron chi connectivity index (χ0n) is 9.27. The van der Waals surface area contributed by atoms with E-state index in [1.165, 1.54) is 0 Å². The Labute approximate surface area is 102 Å². The largest absolute Gasteiger partial charge is 0.349 e. The highest BCUT2D eigenvalue weighted by molar-refractivity contribution is 5.85. The van der Waals surface area contributed by atoms with Crippen LogP contribution in [0.25, 0.3) is 0 Å². The maximum absolute atomic E-state index is 11.7. The summed E-state index contributed by atoms with van der Waals surface area (Å²) in [5.74, 6) is 0.321. The molecule has 1 fully saturated rings. The third-order valence-electron chi connectivity index (χ3n) is 2.81. The summed E-state index contributed by atoms with van der Waals surface area (Å²) in [7, 11) is 0. The quantitative estimate of drug-likeness (QED) is 0.841. The third kappa shape index (κ3) is 2.97. The van der Waals surface area contributed by atoms with Gasteiger partial charge in [-0.15, -0.1) is 12.4 Å². The lowest BCUT2D eigenvalue weighted by Crippen LogP contribution is -2.51. The zero-order valence-corrected chi connectivity index (χ0v) is 10.1. The van der Waals surface area contributed by atoms with E-state index in [0.29, 0.717) is 0 Å². The predicted molar refractivity (Wildman–Crippen MR) is 66.6 cm³/mol. The van der Waals surface area contributed by atoms with E-state index in [4.69, 9.17) is 0 Å². The van der Waals surface area contributed by atoms with Crippen molar-refractivity contribution in [2.45, 2.75) is 13.0 Å². The molecule has 1 aromatic carbocycles. The van der Waals surface area contributed by atoms with Gasteiger partial charge >= 0.3 is 0 Å². The van der Waals surface area contributed by atoms with Gasteiger partial charge in [-0.1, -0.05) is 30.3 Å². The number of hydrogen-bond acceptors (Lipinski definition) is 2. The van der Waals surface area contributed by atoms with E-state index in [1.807, 2.05) is 37.3 Å². The molecule has 16 heavy (non-hydrogen) atoms. The molecule has 0 spiro atoms. The normalized spacial score (nSPS) is 16.8. The molecule has 3 nitrogen and oxygen atoms in total. The molecule has 1 aromatic rings. The molecule has 1 aliphatic rings. The second kappa shape index (κ2) is 5.87. The van der Waals surface area contributed by atoms with Crippen molar-refractivity contribution in [1.29, 1.82) is 0 Å². The molecule has 2 rings (SSSR count). The van der Waals surface area contributed by atoms with E-state index in [2.05, 4.69) is 10.6 Å². The molecule has 1 heterocycles. The van der Waals surface area contributed by atoms with Crippen LogP contribution in [0.3, 0.4) is 0 Å². The number of rotatable bonds is 3. The summed E-state index contributed by atoms with van der Waals surface area (Å²) < 4.78 is 0. The molecule has 1 amide bonds. The summed E-state index contributed by atoms with van der Waals surface area (Å²) in [5, 5.41) is 6.11. The van der Waals surface area contributed by atoms with Crippen molar-refractivity contribution in [2.75, 3.05) is 13.1 Å². The van der Waals surface area contributed by atoms with E-state index >= 15 is 0 Å². The Morgan fingerprint density at radius 3 is 2.50 bits per heavy atom. The van der Waals surface area contributed by atoms with E-state index in [0.717, 1.165) is 18.7 Å². The lowest BCUT2D eigenvalue weighted by molar-refractivity contribution is -0.127. The Kier molecular flexibility index (Phi) is 4.77. The van der Waals surface area contributed by atoms with Gasteiger partial charge in [0.2, 0.25) is 5.91 Å². The SMILES string of the molecule is CC(NC(=O)C1CNC1)c1ccccc1.Cl. The minimum atomic E-state index is 0. The zero-order chi connectivity index (χ0) is 10.7. The minimum absolute atomic E-state index is 0. The molecule has 4 heteroatoms. The van der Waals surface area contributed by atoms with Gasteiger partial charge in [0.1, 0.15) is 0 Å². The fraction of sp³-hybridized carbons (Fsp3) is 0.417. The van der Waals surface area contributed by atoms with Crippen LogP contribution in [0.2, 0.25) is 0 Å². The van der Waals surface area contributed by atoms with E-state index < -0.39 is 0 Å². The van der Waals surface area contributed by atoms with Crippen molar-refractivity contribution >= 4 is 18.3 Å². The molecule has 2 N–H and O–H groups in total. The molecule has 0 aromatic heterocycles. The second-order valence-electron chi connectivity index (χ2n) is 4.00. The average molecular weight is 241 g/mol. The fourth-order valence-electron chi connectivity index (χ4n) is 1.63. The molecule has 1 saturated heterocycles. The standard InChI is InChI=1S/C12H16N2O.ClH/c1-9(10-5-3-2-4-6-10)14-12(15)11-7-13-8-11;/h2-6,9,11,13H,7-8H2,1H3,(H,14,15);1H. The first-order valence-electron chi connectivity index (χ1n) is 5.33. The highest BCUT2D eigenvalue weighted by Crippen LogP contribution is 2.13. The molecule has 1 aliphatic heterocycles. The molecule has 0 aliphatic carbocycles. The number of amides is 1. The first-order valence-corrected chi connectivity index (χ1v) is 5.33. The van der Waals surface area contributed by atoms with E-state index in [-0.39, 0.29) is 30.3 Å². The van der Waals surface area contributed by atoms with Gasteiger partial charge in [-0.2, -0.15) is 0 Å². The smallest absolute Gasteiger partial charge is 0.226 e. The molecule has 0 radical (unpaired) electrons. The van der Waals surface area contributed by atoms with Crippen molar-refractivity contribution in [1.82, 2.24) is 10.6 Å². The summed E-state index contributed by atoms with van der Waals surface area (Å²) in [4.78, 5) is 11.7. The Morgan fingerprint density at radius 2 is 2.00 bits per heavy atom. The maximum atomic E-state index is 11.7. The molecule has 0 saturated carbocycles. The maximum Gasteiger partial charge on any atom is 0.226 e. The van der Waals surface area contributed by atoms with Crippen molar-refractivity contribution in [3.05, 3.63) is 35.9 Å². The minimum Gasteiger partial charge on any atom is -0.349 e. The van der Waals surface area contributed by atoms with Crippen LogP contribution in [0.1, 0.15) is 18.5 Å². The Bertz CT molecular complexity index is 338. The first-order chi connectivity index (χ1) is 7.27. The van der Waals surface area contributed by atoms with Crippen molar-refractivity contribution in [2.24, 2.45) is 5.92 Å². The number of benzene rings is 1. The highest BCUT2D eigenvalue weighted by Gasteiger charge is 2.25. The molecule has 0 bridgehead atoms. The number of hydrogen-bond donors (Lipinski definition) is 2. The first kappa shape index (κ1) is 13.0. The second-order valence-corrected chi connectivity index (χ2v) is 4.00. The van der Waals surface area contributed by atoms with Gasteiger partial charge in [0.05, 0.1) is 12.0 Å². The Morgan fingerprint density at radius 1 is 1.38 bits per heavy atom. The number of nitrogens with one attached hydrogen (secondary N) is 2. The summed E-state index contributed by atoms with van der Waals surface area (Å²) in [5.41, 5.74) is 1.15. The van der Waals surface area contributed by atoms with Gasteiger partial charge in [0, 0.05) is 13.1 Å². The van der Waals surface area contributed by atoms with Gasteiger partial charge in [0.15, 0.2) is 0 Å². The van der Waals surface area contributed by atoms with Crippen LogP contribution < -0.4 is 10.6 Å². The van der Waals surface area contributed by atoms with Crippen LogP contribution >= 0.6 is 12.4 Å². The van der Waals surface area contributed by atoms with Crippen molar-refractivity contribution in [3.8, 4) is 0 Å². The Hall–Kier alpha value is -1.06. The molecular formula is C12H17ClN2O. The summed E-state index contributed by atoms with van der Waals surface area (Å²) in [6.07, 6.45) is 0. The lowest BCUT2D eigenvalue weighted by Gasteiger charge is -2.27. The lowest BCUT2D eigenvalue weighted by atomic mass is 10.0. The van der Waals surface area contributed by atoms with Crippen molar-refractivity contribution < 1.29 is 4.79 Å². The molecule has 1 atom stereocenters. The molecule has 1 unspecified atom stereocenters. The van der Waals surface area contributed by atoms with Gasteiger partial charge in [-0.25, -0.2) is 0 Å². The number of carbonyl (C=O) groups is 1. The highest BCUT2D eigenvalue weighted by atomic mass is 35.5. The predicted octanol–water partition coefficient (Wildman–Crippen LogP) is 1.50. The number of carbonyl (C=O) groups excluding carboxylic acids is 1. The summed E-state index contributed by atoms with van der Waals surface area (Å²) in [6, 6.07) is 10.1. The molecular weight excluding hydrogens is 224 g/mol. The van der Waals surface area contributed by atoms with Crippen LogP contribution in [0.4, 0.5) is 0 Å². The van der Waals surface area contributed by atoms with Gasteiger partial charge in [-0.3, -0.25) is 4.79 Å². The van der Waals surface area contributed by atoms with Crippen LogP contribution in [-0.4, -0.2) is 19.0 Å². The van der Waals surface area contributed by atoms with E-state index in [1.54, 1.807) is 0 Å². The third-order valence-corrected chi connectivity index (χ3v) is 2.81. The van der Waals surface area contributed by atoms with Gasteiger partial charge < -0.3 is 10.6 Å². The Balaban J connectivity index is 0.00000128. The van der Waals surface area contributed by atoms with Crippen LogP contribution in [0, 0.1) is 5.92 Å². The van der Waals surface area contributed by atoms with Gasteiger partial charge in [0.25, 0.3) is 0 Å². The average Bonchev–Trinajstić information content (AvgIpc) is 2.16. The molecule has 88 valence electrons. The van der Waals surface area contributed by atoms with Crippen LogP contribution in [0.15, 0.2) is 30.3 Å². The fourth-order valence-corrected chi connectivity index (χ4v) is 1.63. The topological polar surface area (TPSA) is 41.1 Å². The van der Waals surface area contributed by atoms with Gasteiger partial charge in [-0.05, 0) is 12.5 Å². The summed E-state index contributed by atoms with van der Waals surface area (Å²) >= 11 is 0. The van der Waals surface area contributed by atoms with Crippen LogP contribution in [-0.2, 0) is 4.79 Å².